The lowest BCUT2D eigenvalue weighted by Crippen LogP contribution is -2.70. The van der Waals surface area contributed by atoms with E-state index in [1.54, 1.807) is 17.8 Å². The van der Waals surface area contributed by atoms with Crippen LogP contribution in [0.2, 0.25) is 0 Å². The number of hydrogen-bond donors (Lipinski definition) is 2. The maximum Gasteiger partial charge on any atom is 0.239 e. The number of carbonyl (C=O) groups is 1. The lowest BCUT2D eigenvalue weighted by Gasteiger charge is -2.60. The van der Waals surface area contributed by atoms with Gasteiger partial charge in [-0.3, -0.25) is 4.79 Å². The first-order chi connectivity index (χ1) is 27.1. The number of ether oxygens (including phenoxy) is 3. The first kappa shape index (κ1) is 42.3. The normalized spacial score (nSPS) is 26.1. The average Bonchev–Trinajstić information content (AvgIpc) is 4.04. The summed E-state index contributed by atoms with van der Waals surface area (Å²) in [5, 5.41) is 24.7. The highest BCUT2D eigenvalue weighted by Crippen LogP contribution is 2.62. The minimum absolute atomic E-state index is 0.0149. The van der Waals surface area contributed by atoms with Gasteiger partial charge in [-0.2, -0.15) is 0 Å². The molecule has 2 aromatic rings. The number of amides is 1. The Labute approximate surface area is 338 Å². The van der Waals surface area contributed by atoms with Crippen LogP contribution in [0.1, 0.15) is 103 Å². The maximum atomic E-state index is 14.3. The lowest BCUT2D eigenvalue weighted by molar-refractivity contribution is -0.257. The molecule has 0 aromatic heterocycles. The highest BCUT2D eigenvalue weighted by Gasteiger charge is 2.65. The van der Waals surface area contributed by atoms with Gasteiger partial charge in [0.2, 0.25) is 11.7 Å². The molecule has 0 bridgehead atoms. The first-order valence-electron chi connectivity index (χ1n) is 21.0. The second kappa shape index (κ2) is 19.4. The maximum absolute atomic E-state index is 14.3. The zero-order valence-electron chi connectivity index (χ0n) is 34.0. The summed E-state index contributed by atoms with van der Waals surface area (Å²) in [4.78, 5) is 23.8. The van der Waals surface area contributed by atoms with Crippen molar-refractivity contribution in [2.75, 3.05) is 38.7 Å². The summed E-state index contributed by atoms with van der Waals surface area (Å²) >= 11 is 1.77. The molecule has 0 radical (unpaired) electrons. The number of unbranched alkanes of at least 4 members (excludes halogenated alkanes) is 2. The summed E-state index contributed by atoms with van der Waals surface area (Å²) in [6, 6.07) is 16.1. The smallest absolute Gasteiger partial charge is 0.239 e. The summed E-state index contributed by atoms with van der Waals surface area (Å²) in [6.45, 7) is 13.8. The van der Waals surface area contributed by atoms with E-state index in [0.29, 0.717) is 26.0 Å². The van der Waals surface area contributed by atoms with Gasteiger partial charge in [-0.15, -0.1) is 18.3 Å². The largest absolute Gasteiger partial charge is 0.493 e. The molecule has 0 spiro atoms. The number of carbonyl (C=O) groups excluding carboxylic acids is 1. The molecule has 1 aliphatic heterocycles. The van der Waals surface area contributed by atoms with Crippen molar-refractivity contribution in [2.24, 2.45) is 28.8 Å². The van der Waals surface area contributed by atoms with Crippen molar-refractivity contribution in [3.63, 3.8) is 0 Å². The van der Waals surface area contributed by atoms with Crippen molar-refractivity contribution >= 4 is 23.4 Å². The molecule has 0 unspecified atom stereocenters. The predicted molar refractivity (Wildman–Crippen MR) is 223 cm³/mol. The molecule has 10 heteroatoms. The Bertz CT molecular complexity index is 1670. The highest BCUT2D eigenvalue weighted by atomic mass is 32.2. The second-order valence-corrected chi connectivity index (χ2v) is 18.0. The molecule has 0 saturated heterocycles. The molecule has 2 N–H and O–H groups in total. The molecule has 56 heavy (non-hydrogen) atoms. The number of rotatable bonds is 21. The van der Waals surface area contributed by atoms with Crippen LogP contribution in [0, 0.1) is 23.7 Å². The Kier molecular flexibility index (Phi) is 14.7. The van der Waals surface area contributed by atoms with Gasteiger partial charge in [0.25, 0.3) is 0 Å². The minimum Gasteiger partial charge on any atom is -0.493 e. The number of benzene rings is 2. The van der Waals surface area contributed by atoms with Crippen molar-refractivity contribution < 1.29 is 34.1 Å². The van der Waals surface area contributed by atoms with Crippen LogP contribution < -0.4 is 9.47 Å². The van der Waals surface area contributed by atoms with Gasteiger partial charge in [0.05, 0.1) is 24.8 Å². The van der Waals surface area contributed by atoms with Crippen LogP contribution in [0.4, 0.5) is 0 Å². The van der Waals surface area contributed by atoms with E-state index in [1.807, 2.05) is 43.9 Å². The SMILES string of the molecule is C=CCO[C@@]12Oc3ccc(OCCSc4ccccc4)cc3[C@H]3[C@H](CCCCO)[C@@H](CCCCO)C=C(C(=NOC(C)(C)C)C[C@@H]1N(CCC)C(=O)C1CC1)[C@H]32. The zero-order chi connectivity index (χ0) is 39.7. The average molecular weight is 789 g/mol. The van der Waals surface area contributed by atoms with Gasteiger partial charge in [0.15, 0.2) is 0 Å². The third-order valence-corrected chi connectivity index (χ3v) is 12.5. The lowest BCUT2D eigenvalue weighted by atomic mass is 9.55. The third kappa shape index (κ3) is 9.86. The molecule has 3 aliphatic carbocycles. The van der Waals surface area contributed by atoms with Gasteiger partial charge in [-0.05, 0) is 113 Å². The second-order valence-electron chi connectivity index (χ2n) is 16.8. The number of oxime groups is 1. The van der Waals surface area contributed by atoms with Crippen LogP contribution in [-0.4, -0.2) is 82.9 Å². The van der Waals surface area contributed by atoms with Crippen molar-refractivity contribution in [3.8, 4) is 11.5 Å². The molecule has 1 heterocycles. The highest BCUT2D eigenvalue weighted by molar-refractivity contribution is 7.99. The Balaban J connectivity index is 1.51. The van der Waals surface area contributed by atoms with Crippen molar-refractivity contribution in [1.82, 2.24) is 4.90 Å². The van der Waals surface area contributed by atoms with E-state index in [2.05, 4.69) is 49.9 Å². The van der Waals surface area contributed by atoms with Gasteiger partial charge in [0.1, 0.15) is 23.1 Å². The first-order valence-corrected chi connectivity index (χ1v) is 22.0. The van der Waals surface area contributed by atoms with Crippen LogP contribution in [0.15, 0.2) is 82.9 Å². The van der Waals surface area contributed by atoms with E-state index in [4.69, 9.17) is 24.2 Å². The Morgan fingerprint density at radius 1 is 1.07 bits per heavy atom. The minimum atomic E-state index is -1.22. The molecule has 2 saturated carbocycles. The molecule has 6 rings (SSSR count). The zero-order valence-corrected chi connectivity index (χ0v) is 34.8. The molecule has 1 amide bonds. The fraction of sp³-hybridized carbons (Fsp3) is 0.609. The molecule has 2 fully saturated rings. The third-order valence-electron chi connectivity index (χ3n) is 11.5. The fourth-order valence-electron chi connectivity index (χ4n) is 8.99. The number of aliphatic hydroxyl groups is 2. The summed E-state index contributed by atoms with van der Waals surface area (Å²) in [5.74, 6) is 1.22. The fourth-order valence-corrected chi connectivity index (χ4v) is 9.74. The number of fused-ring (bicyclic) bond motifs is 2. The molecule has 306 valence electrons. The molecule has 6 atom stereocenters. The number of thioether (sulfide) groups is 1. The van der Waals surface area contributed by atoms with Crippen LogP contribution in [0.3, 0.4) is 0 Å². The Hall–Kier alpha value is -3.31. The number of nitrogens with zero attached hydrogens (tertiary/aromatic N) is 2. The molecular formula is C46H64N2O7S. The molecule has 2 aromatic carbocycles. The van der Waals surface area contributed by atoms with Gasteiger partial charge < -0.3 is 34.2 Å². The summed E-state index contributed by atoms with van der Waals surface area (Å²) < 4.78 is 20.9. The quantitative estimate of drug-likeness (QED) is 0.0559. The van der Waals surface area contributed by atoms with E-state index in [1.165, 1.54) is 4.90 Å². The number of aliphatic hydroxyl groups excluding tert-OH is 2. The topological polar surface area (TPSA) is 110 Å². The van der Waals surface area contributed by atoms with Gasteiger partial charge >= 0.3 is 0 Å². The van der Waals surface area contributed by atoms with Crippen LogP contribution in [0.25, 0.3) is 0 Å². The molecular weight excluding hydrogens is 725 g/mol. The summed E-state index contributed by atoms with van der Waals surface area (Å²) in [5.41, 5.74) is 2.44. The van der Waals surface area contributed by atoms with Crippen LogP contribution in [0.5, 0.6) is 11.5 Å². The standard InChI is InChI=1S/C46H64N2O7S/c1-6-23-48(44(51)32-19-20-32)41-31-39(47-55-45(3,4)5)37-29-33(15-11-13-24-49)36(18-12-14-25-50)42-38-30-34(52-27-28-56-35-16-9-8-10-17-35)21-22-40(38)54-46(41,43(37)42)53-26-7-2/h7-10,16-17,21-22,29-30,32-33,36,41-43,49-50H,2,6,11-15,18-20,23-28,31H2,1,3-5H3/t33-,36+,41-,42+,43+,46+/m0/s1. The van der Waals surface area contributed by atoms with E-state index >= 15 is 0 Å². The monoisotopic (exact) mass is 788 g/mol. The molecule has 9 nitrogen and oxygen atoms in total. The number of allylic oxidation sites excluding steroid dienone is 1. The van der Waals surface area contributed by atoms with Crippen LogP contribution >= 0.6 is 11.8 Å². The van der Waals surface area contributed by atoms with Crippen molar-refractivity contribution in [3.05, 3.63) is 78.4 Å². The molecule has 4 aliphatic rings. The Morgan fingerprint density at radius 3 is 2.50 bits per heavy atom. The summed E-state index contributed by atoms with van der Waals surface area (Å²) in [6.07, 6.45) is 12.2. The van der Waals surface area contributed by atoms with Gasteiger partial charge in [0, 0.05) is 54.2 Å². The van der Waals surface area contributed by atoms with E-state index < -0.39 is 17.4 Å². The Morgan fingerprint density at radius 2 is 1.82 bits per heavy atom. The van der Waals surface area contributed by atoms with Crippen molar-refractivity contribution in [2.45, 2.75) is 120 Å². The van der Waals surface area contributed by atoms with Crippen LogP contribution in [-0.2, 0) is 14.4 Å². The van der Waals surface area contributed by atoms with Crippen molar-refractivity contribution in [1.29, 1.82) is 0 Å². The van der Waals surface area contributed by atoms with Gasteiger partial charge in [-0.1, -0.05) is 55.3 Å². The van der Waals surface area contributed by atoms with E-state index in [-0.39, 0.29) is 55.3 Å². The van der Waals surface area contributed by atoms with E-state index in [0.717, 1.165) is 85.5 Å². The van der Waals surface area contributed by atoms with E-state index in [9.17, 15) is 15.0 Å². The predicted octanol–water partition coefficient (Wildman–Crippen LogP) is 8.94. The van der Waals surface area contributed by atoms with Gasteiger partial charge in [-0.25, -0.2) is 0 Å². The number of hydrogen-bond acceptors (Lipinski definition) is 9. The summed E-state index contributed by atoms with van der Waals surface area (Å²) in [7, 11) is 0.